The Morgan fingerprint density at radius 1 is 1.29 bits per heavy atom. The number of aromatic carboxylic acids is 1. The van der Waals surface area contributed by atoms with E-state index < -0.39 is 5.97 Å². The molecule has 0 unspecified atom stereocenters. The molecule has 1 heterocycles. The van der Waals surface area contributed by atoms with Gasteiger partial charge in [-0.1, -0.05) is 18.5 Å². The highest BCUT2D eigenvalue weighted by molar-refractivity contribution is 6.30. The monoisotopic (exact) mass is 305 g/mol. The number of halogens is 1. The largest absolute Gasteiger partial charge is 0.478 e. The SMILES string of the molecule is CCC(=O)c1ccc(Oc2cc(Cl)ccc2C(=O)O)cn1. The van der Waals surface area contributed by atoms with Crippen LogP contribution in [-0.4, -0.2) is 21.8 Å². The molecule has 0 bridgehead atoms. The second-order valence-corrected chi connectivity index (χ2v) is 4.64. The summed E-state index contributed by atoms with van der Waals surface area (Å²) in [5.74, 6) is -0.748. The van der Waals surface area contributed by atoms with Crippen LogP contribution in [0.25, 0.3) is 0 Å². The van der Waals surface area contributed by atoms with E-state index >= 15 is 0 Å². The van der Waals surface area contributed by atoms with E-state index in [9.17, 15) is 9.59 Å². The van der Waals surface area contributed by atoms with E-state index in [0.29, 0.717) is 22.9 Å². The van der Waals surface area contributed by atoms with E-state index in [1.54, 1.807) is 13.0 Å². The Morgan fingerprint density at radius 2 is 2.05 bits per heavy atom. The molecule has 2 rings (SSSR count). The van der Waals surface area contributed by atoms with Gasteiger partial charge in [-0.3, -0.25) is 4.79 Å². The molecule has 0 radical (unpaired) electrons. The van der Waals surface area contributed by atoms with Crippen LogP contribution in [0.2, 0.25) is 5.02 Å². The zero-order chi connectivity index (χ0) is 15.4. The number of Topliss-reactive ketones (excluding diaryl/α,β-unsaturated/α-hetero) is 1. The lowest BCUT2D eigenvalue weighted by Crippen LogP contribution is -2.02. The summed E-state index contributed by atoms with van der Waals surface area (Å²) in [6.07, 6.45) is 1.74. The molecule has 0 aliphatic carbocycles. The van der Waals surface area contributed by atoms with Crippen molar-refractivity contribution >= 4 is 23.4 Å². The maximum Gasteiger partial charge on any atom is 0.339 e. The van der Waals surface area contributed by atoms with Crippen molar-refractivity contribution in [3.05, 3.63) is 52.8 Å². The molecule has 0 aliphatic heterocycles. The molecule has 0 aliphatic rings. The van der Waals surface area contributed by atoms with Crippen molar-refractivity contribution in [2.24, 2.45) is 0 Å². The van der Waals surface area contributed by atoms with Crippen molar-refractivity contribution in [3.63, 3.8) is 0 Å². The van der Waals surface area contributed by atoms with Crippen molar-refractivity contribution < 1.29 is 19.4 Å². The number of nitrogens with zero attached hydrogens (tertiary/aromatic N) is 1. The Morgan fingerprint density at radius 3 is 2.62 bits per heavy atom. The average molecular weight is 306 g/mol. The summed E-state index contributed by atoms with van der Waals surface area (Å²) in [7, 11) is 0. The number of rotatable bonds is 5. The van der Waals surface area contributed by atoms with Crippen LogP contribution < -0.4 is 4.74 Å². The van der Waals surface area contributed by atoms with Crippen LogP contribution in [0.1, 0.15) is 34.2 Å². The van der Waals surface area contributed by atoms with Gasteiger partial charge in [-0.2, -0.15) is 0 Å². The molecule has 6 heteroatoms. The molecular formula is C15H12ClNO4. The van der Waals surface area contributed by atoms with E-state index in [1.165, 1.54) is 30.5 Å². The molecule has 0 spiro atoms. The molecule has 0 saturated carbocycles. The maximum absolute atomic E-state index is 11.5. The smallest absolute Gasteiger partial charge is 0.339 e. The molecule has 1 N–H and O–H groups in total. The van der Waals surface area contributed by atoms with Crippen LogP contribution >= 0.6 is 11.6 Å². The van der Waals surface area contributed by atoms with Gasteiger partial charge in [0.05, 0.1) is 6.20 Å². The first-order valence-electron chi connectivity index (χ1n) is 6.21. The highest BCUT2D eigenvalue weighted by atomic mass is 35.5. The summed E-state index contributed by atoms with van der Waals surface area (Å²) in [5.41, 5.74) is 0.336. The Labute approximate surface area is 126 Å². The van der Waals surface area contributed by atoms with Gasteiger partial charge in [0.2, 0.25) is 0 Å². The molecule has 5 nitrogen and oxygen atoms in total. The number of pyridine rings is 1. The van der Waals surface area contributed by atoms with E-state index in [1.807, 2.05) is 0 Å². The molecule has 0 fully saturated rings. The van der Waals surface area contributed by atoms with Crippen molar-refractivity contribution in [2.45, 2.75) is 13.3 Å². The Bertz CT molecular complexity index is 683. The first-order valence-corrected chi connectivity index (χ1v) is 6.59. The molecule has 21 heavy (non-hydrogen) atoms. The second kappa shape index (κ2) is 6.37. The van der Waals surface area contributed by atoms with E-state index in [4.69, 9.17) is 21.4 Å². The van der Waals surface area contributed by atoms with Gasteiger partial charge < -0.3 is 9.84 Å². The van der Waals surface area contributed by atoms with Crippen molar-refractivity contribution in [1.29, 1.82) is 0 Å². The Balaban J connectivity index is 2.28. The number of ether oxygens (including phenoxy) is 1. The summed E-state index contributed by atoms with van der Waals surface area (Å²) in [4.78, 5) is 26.6. The third kappa shape index (κ3) is 3.58. The van der Waals surface area contributed by atoms with Crippen LogP contribution in [0.15, 0.2) is 36.5 Å². The van der Waals surface area contributed by atoms with Crippen LogP contribution in [-0.2, 0) is 0 Å². The normalized spacial score (nSPS) is 10.2. The molecule has 2 aromatic rings. The lowest BCUT2D eigenvalue weighted by atomic mass is 10.2. The average Bonchev–Trinajstić information content (AvgIpc) is 2.47. The summed E-state index contributed by atoms with van der Waals surface area (Å²) in [6, 6.07) is 7.34. The van der Waals surface area contributed by atoms with Crippen molar-refractivity contribution in [3.8, 4) is 11.5 Å². The molecule has 0 atom stereocenters. The number of carboxylic acid groups (broad SMARTS) is 1. The summed E-state index contributed by atoms with van der Waals surface area (Å²) < 4.78 is 5.48. The summed E-state index contributed by atoms with van der Waals surface area (Å²) >= 11 is 5.84. The zero-order valence-electron chi connectivity index (χ0n) is 11.2. The van der Waals surface area contributed by atoms with Gasteiger partial charge in [0.25, 0.3) is 0 Å². The van der Waals surface area contributed by atoms with Crippen LogP contribution in [0, 0.1) is 0 Å². The minimum absolute atomic E-state index is 0.00638. The molecule has 0 saturated heterocycles. The van der Waals surface area contributed by atoms with Gasteiger partial charge >= 0.3 is 5.97 Å². The first-order chi connectivity index (χ1) is 10.0. The van der Waals surface area contributed by atoms with Crippen LogP contribution in [0.3, 0.4) is 0 Å². The number of hydrogen-bond donors (Lipinski definition) is 1. The molecule has 0 amide bonds. The van der Waals surface area contributed by atoms with E-state index in [-0.39, 0.29) is 17.1 Å². The number of ketones is 1. The minimum atomic E-state index is -1.12. The second-order valence-electron chi connectivity index (χ2n) is 4.20. The van der Waals surface area contributed by atoms with Gasteiger partial charge in [-0.25, -0.2) is 9.78 Å². The number of hydrogen-bond acceptors (Lipinski definition) is 4. The number of carboxylic acids is 1. The third-order valence-electron chi connectivity index (χ3n) is 2.75. The number of aromatic nitrogens is 1. The Hall–Kier alpha value is -2.40. The third-order valence-corrected chi connectivity index (χ3v) is 2.98. The molecule has 1 aromatic heterocycles. The fourth-order valence-corrected chi connectivity index (χ4v) is 1.83. The van der Waals surface area contributed by atoms with Gasteiger partial charge in [0, 0.05) is 17.5 Å². The predicted octanol–water partition coefficient (Wildman–Crippen LogP) is 3.82. The van der Waals surface area contributed by atoms with E-state index in [0.717, 1.165) is 0 Å². The zero-order valence-corrected chi connectivity index (χ0v) is 11.9. The molecular weight excluding hydrogens is 294 g/mol. The lowest BCUT2D eigenvalue weighted by molar-refractivity contribution is 0.0694. The maximum atomic E-state index is 11.5. The topological polar surface area (TPSA) is 76.5 Å². The van der Waals surface area contributed by atoms with Gasteiger partial charge in [-0.05, 0) is 24.3 Å². The number of benzene rings is 1. The number of carbonyl (C=O) groups is 2. The predicted molar refractivity (Wildman–Crippen MR) is 77.3 cm³/mol. The van der Waals surface area contributed by atoms with Gasteiger partial charge in [0.1, 0.15) is 22.8 Å². The number of carbonyl (C=O) groups excluding carboxylic acids is 1. The highest BCUT2D eigenvalue weighted by Crippen LogP contribution is 2.28. The van der Waals surface area contributed by atoms with Crippen molar-refractivity contribution in [2.75, 3.05) is 0 Å². The van der Waals surface area contributed by atoms with Crippen molar-refractivity contribution in [1.82, 2.24) is 4.98 Å². The highest BCUT2D eigenvalue weighted by Gasteiger charge is 2.13. The fraction of sp³-hybridized carbons (Fsp3) is 0.133. The molecule has 1 aromatic carbocycles. The summed E-state index contributed by atoms with van der Waals surface area (Å²) in [5, 5.41) is 9.46. The lowest BCUT2D eigenvalue weighted by Gasteiger charge is -2.09. The van der Waals surface area contributed by atoms with Crippen LogP contribution in [0.4, 0.5) is 0 Å². The first kappa shape index (κ1) is 15.0. The van der Waals surface area contributed by atoms with Crippen LogP contribution in [0.5, 0.6) is 11.5 Å². The van der Waals surface area contributed by atoms with E-state index in [2.05, 4.69) is 4.98 Å². The Kier molecular flexibility index (Phi) is 4.55. The molecule has 108 valence electrons. The van der Waals surface area contributed by atoms with Gasteiger partial charge in [0.15, 0.2) is 5.78 Å². The van der Waals surface area contributed by atoms with Gasteiger partial charge in [-0.15, -0.1) is 0 Å². The minimum Gasteiger partial charge on any atom is -0.478 e. The quantitative estimate of drug-likeness (QED) is 0.850. The standard InChI is InChI=1S/C15H12ClNO4/c1-2-13(18)12-6-4-10(8-17-12)21-14-7-9(16)3-5-11(14)15(19)20/h3-8H,2H2,1H3,(H,19,20). The fourth-order valence-electron chi connectivity index (χ4n) is 1.67. The summed E-state index contributed by atoms with van der Waals surface area (Å²) in [6.45, 7) is 1.75.